The highest BCUT2D eigenvalue weighted by molar-refractivity contribution is 7.89. The van der Waals surface area contributed by atoms with Crippen LogP contribution in [-0.4, -0.2) is 51.4 Å². The molecule has 1 aliphatic heterocycles. The smallest absolute Gasteiger partial charge is 0.254 e. The fourth-order valence-electron chi connectivity index (χ4n) is 3.19. The molecule has 3 rings (SSSR count). The first-order chi connectivity index (χ1) is 12.0. The number of carbonyl (C=O) groups is 1. The molecule has 25 heavy (non-hydrogen) atoms. The van der Waals surface area contributed by atoms with Crippen LogP contribution in [-0.2, 0) is 10.0 Å². The molecular weight excluding hydrogens is 338 g/mol. The summed E-state index contributed by atoms with van der Waals surface area (Å²) in [7, 11) is -3.56. The summed E-state index contributed by atoms with van der Waals surface area (Å²) in [5.74, 6) is 0.379. The van der Waals surface area contributed by atoms with Crippen molar-refractivity contribution in [2.24, 2.45) is 5.92 Å². The summed E-state index contributed by atoms with van der Waals surface area (Å²) in [6.45, 7) is 4.92. The van der Waals surface area contributed by atoms with Crippen LogP contribution in [0.4, 0.5) is 0 Å². The van der Waals surface area contributed by atoms with Gasteiger partial charge in [-0.05, 0) is 56.3 Å². The molecule has 1 unspecified atom stereocenters. The molecule has 1 saturated carbocycles. The van der Waals surface area contributed by atoms with E-state index >= 15 is 0 Å². The van der Waals surface area contributed by atoms with Crippen LogP contribution in [0.15, 0.2) is 29.2 Å². The fourth-order valence-corrected chi connectivity index (χ4v) is 4.35. The Bertz CT molecular complexity index is 710. The van der Waals surface area contributed by atoms with Crippen molar-refractivity contribution < 1.29 is 13.2 Å². The summed E-state index contributed by atoms with van der Waals surface area (Å²) in [6.07, 6.45) is 3.99. The van der Waals surface area contributed by atoms with E-state index in [2.05, 4.69) is 10.0 Å². The van der Waals surface area contributed by atoms with Crippen LogP contribution in [0.5, 0.6) is 0 Å². The Morgan fingerprint density at radius 1 is 1.32 bits per heavy atom. The molecule has 1 atom stereocenters. The predicted octanol–water partition coefficient (Wildman–Crippen LogP) is 1.59. The first-order valence-electron chi connectivity index (χ1n) is 9.12. The Hall–Kier alpha value is -1.44. The van der Waals surface area contributed by atoms with Gasteiger partial charge in [0, 0.05) is 31.2 Å². The minimum absolute atomic E-state index is 0.0882. The van der Waals surface area contributed by atoms with E-state index in [4.69, 9.17) is 0 Å². The van der Waals surface area contributed by atoms with Crippen molar-refractivity contribution in [2.45, 2.75) is 43.5 Å². The lowest BCUT2D eigenvalue weighted by Gasteiger charge is -2.28. The van der Waals surface area contributed by atoms with Crippen molar-refractivity contribution in [3.8, 4) is 0 Å². The van der Waals surface area contributed by atoms with Gasteiger partial charge in [0.15, 0.2) is 0 Å². The third-order valence-electron chi connectivity index (χ3n) is 4.85. The van der Waals surface area contributed by atoms with Gasteiger partial charge in [-0.25, -0.2) is 13.1 Å². The molecule has 1 aliphatic carbocycles. The second kappa shape index (κ2) is 7.85. The maximum Gasteiger partial charge on any atom is 0.254 e. The minimum Gasteiger partial charge on any atom is -0.334 e. The molecule has 0 aromatic heterocycles. The summed E-state index contributed by atoms with van der Waals surface area (Å²) in [5.41, 5.74) is 0.439. The number of nitrogens with one attached hydrogen (secondary N) is 2. The molecule has 1 heterocycles. The first kappa shape index (κ1) is 18.4. The van der Waals surface area contributed by atoms with Gasteiger partial charge in [-0.15, -0.1) is 0 Å². The quantitative estimate of drug-likeness (QED) is 0.733. The summed E-state index contributed by atoms with van der Waals surface area (Å²) in [4.78, 5) is 15.0. The van der Waals surface area contributed by atoms with Gasteiger partial charge in [0.05, 0.1) is 4.90 Å². The Kier molecular flexibility index (Phi) is 5.76. The number of nitrogens with zero attached hydrogens (tertiary/aromatic N) is 1. The summed E-state index contributed by atoms with van der Waals surface area (Å²) >= 11 is 0. The first-order valence-corrected chi connectivity index (χ1v) is 10.6. The number of rotatable bonds is 8. The topological polar surface area (TPSA) is 78.5 Å². The van der Waals surface area contributed by atoms with E-state index < -0.39 is 10.0 Å². The third kappa shape index (κ3) is 4.59. The third-order valence-corrected chi connectivity index (χ3v) is 6.27. The molecular formula is C18H27N3O3S. The molecule has 138 valence electrons. The van der Waals surface area contributed by atoms with Crippen LogP contribution in [0.25, 0.3) is 0 Å². The summed E-state index contributed by atoms with van der Waals surface area (Å²) in [6, 6.07) is 6.58. The van der Waals surface area contributed by atoms with Gasteiger partial charge in [0.25, 0.3) is 5.91 Å². The lowest BCUT2D eigenvalue weighted by atomic mass is 10.1. The molecule has 7 heteroatoms. The van der Waals surface area contributed by atoms with Crippen molar-refractivity contribution in [1.82, 2.24) is 14.9 Å². The molecule has 1 aromatic carbocycles. The Balaban J connectivity index is 1.77. The zero-order chi connectivity index (χ0) is 17.9. The standard InChI is InChI=1S/C18H27N3O3S/c1-2-10-21(16-8-9-19-13-16)18(22)15-4-3-5-17(11-15)25(23,24)20-12-14-6-7-14/h3-5,11,14,16,19-20H,2,6-10,12-13H2,1H3. The molecule has 0 bridgehead atoms. The van der Waals surface area contributed by atoms with Crippen LogP contribution in [0.3, 0.4) is 0 Å². The molecule has 6 nitrogen and oxygen atoms in total. The van der Waals surface area contributed by atoms with Gasteiger partial charge in [-0.1, -0.05) is 13.0 Å². The van der Waals surface area contributed by atoms with Crippen LogP contribution in [0.2, 0.25) is 0 Å². The van der Waals surface area contributed by atoms with E-state index in [9.17, 15) is 13.2 Å². The largest absolute Gasteiger partial charge is 0.334 e. The van der Waals surface area contributed by atoms with E-state index in [1.54, 1.807) is 18.2 Å². The van der Waals surface area contributed by atoms with Gasteiger partial charge < -0.3 is 10.2 Å². The van der Waals surface area contributed by atoms with Crippen molar-refractivity contribution >= 4 is 15.9 Å². The fraction of sp³-hybridized carbons (Fsp3) is 0.611. The van der Waals surface area contributed by atoms with Gasteiger partial charge in [0.2, 0.25) is 10.0 Å². The van der Waals surface area contributed by atoms with E-state index in [-0.39, 0.29) is 16.8 Å². The molecule has 1 aromatic rings. The zero-order valence-electron chi connectivity index (χ0n) is 14.7. The van der Waals surface area contributed by atoms with Crippen molar-refractivity contribution in [1.29, 1.82) is 0 Å². The number of benzene rings is 1. The average molecular weight is 365 g/mol. The number of sulfonamides is 1. The molecule has 0 radical (unpaired) electrons. The van der Waals surface area contributed by atoms with Crippen LogP contribution in [0, 0.1) is 5.92 Å². The lowest BCUT2D eigenvalue weighted by molar-refractivity contribution is 0.0692. The molecule has 0 spiro atoms. The molecule has 1 amide bonds. The summed E-state index contributed by atoms with van der Waals surface area (Å²) < 4.78 is 27.5. The number of hydrogen-bond donors (Lipinski definition) is 2. The monoisotopic (exact) mass is 365 g/mol. The zero-order valence-corrected chi connectivity index (χ0v) is 15.5. The van der Waals surface area contributed by atoms with Crippen molar-refractivity contribution in [2.75, 3.05) is 26.2 Å². The van der Waals surface area contributed by atoms with Crippen molar-refractivity contribution in [3.63, 3.8) is 0 Å². The molecule has 2 N–H and O–H groups in total. The van der Waals surface area contributed by atoms with Gasteiger partial charge in [0.1, 0.15) is 0 Å². The van der Waals surface area contributed by atoms with Gasteiger partial charge in [-0.3, -0.25) is 4.79 Å². The van der Waals surface area contributed by atoms with E-state index in [0.29, 0.717) is 24.6 Å². The molecule has 2 fully saturated rings. The van der Waals surface area contributed by atoms with Gasteiger partial charge in [-0.2, -0.15) is 0 Å². The average Bonchev–Trinajstić information content (AvgIpc) is 3.30. The van der Waals surface area contributed by atoms with Crippen LogP contribution in [0.1, 0.15) is 43.0 Å². The van der Waals surface area contributed by atoms with E-state index in [1.165, 1.54) is 6.07 Å². The Morgan fingerprint density at radius 3 is 2.76 bits per heavy atom. The van der Waals surface area contributed by atoms with Crippen molar-refractivity contribution in [3.05, 3.63) is 29.8 Å². The molecule has 1 saturated heterocycles. The highest BCUT2D eigenvalue weighted by Crippen LogP contribution is 2.28. The van der Waals surface area contributed by atoms with E-state index in [1.807, 2.05) is 11.8 Å². The number of amides is 1. The summed E-state index contributed by atoms with van der Waals surface area (Å²) in [5, 5.41) is 3.29. The SMILES string of the molecule is CCCN(C(=O)c1cccc(S(=O)(=O)NCC2CC2)c1)C1CCNC1. The lowest BCUT2D eigenvalue weighted by Crippen LogP contribution is -2.42. The maximum atomic E-state index is 13.0. The number of carbonyl (C=O) groups excluding carboxylic acids is 1. The van der Waals surface area contributed by atoms with E-state index in [0.717, 1.165) is 38.8 Å². The second-order valence-corrected chi connectivity index (χ2v) is 8.74. The van der Waals surface area contributed by atoms with Gasteiger partial charge >= 0.3 is 0 Å². The second-order valence-electron chi connectivity index (χ2n) is 6.97. The molecule has 2 aliphatic rings. The predicted molar refractivity (Wildman–Crippen MR) is 97.0 cm³/mol. The van der Waals surface area contributed by atoms with Crippen LogP contribution < -0.4 is 10.0 Å². The minimum atomic E-state index is -3.56. The number of hydrogen-bond acceptors (Lipinski definition) is 4. The highest BCUT2D eigenvalue weighted by Gasteiger charge is 2.28. The highest BCUT2D eigenvalue weighted by atomic mass is 32.2. The van der Waals surface area contributed by atoms with Crippen LogP contribution >= 0.6 is 0 Å². The Morgan fingerprint density at radius 2 is 2.12 bits per heavy atom. The Labute approximate surface area is 150 Å². The normalized spacial score (nSPS) is 20.6. The maximum absolute atomic E-state index is 13.0.